The zero-order valence-corrected chi connectivity index (χ0v) is 22.5. The normalized spacial score (nSPS) is 11.2. The monoisotopic (exact) mass is 588 g/mol. The molecule has 0 saturated heterocycles. The molecule has 13 nitrogen and oxygen atoms in total. The Bertz CT molecular complexity index is 993. The lowest BCUT2D eigenvalue weighted by molar-refractivity contribution is -0.140. The maximum absolute atomic E-state index is 11.9. The Kier molecular flexibility index (Phi) is 16.3. The molecule has 2 amide bonds. The average Bonchev–Trinajstić information content (AvgIpc) is 2.83. The number of carbonyl (C=O) groups is 3. The first kappa shape index (κ1) is 33.0. The number of carbonyl (C=O) groups excluding carboxylic acids is 3. The zero-order valence-electron chi connectivity index (χ0n) is 20.1. The smallest absolute Gasteiger partial charge is 0.337 e. The lowest BCUT2D eigenvalue weighted by atomic mass is 10.3. The first-order valence-corrected chi connectivity index (χ1v) is 13.3. The number of hydrogen-bond acceptors (Lipinski definition) is 10. The van der Waals surface area contributed by atoms with Gasteiger partial charge in [-0.2, -0.15) is 8.42 Å². The van der Waals surface area contributed by atoms with Crippen LogP contribution in [0.3, 0.4) is 0 Å². The quantitative estimate of drug-likeness (QED) is 0.0903. The molecule has 1 aromatic carbocycles. The Morgan fingerprint density at radius 2 is 1.38 bits per heavy atom. The van der Waals surface area contributed by atoms with Crippen molar-refractivity contribution in [1.29, 1.82) is 0 Å². The van der Waals surface area contributed by atoms with Gasteiger partial charge in [0.1, 0.15) is 18.1 Å². The molecule has 16 heteroatoms. The van der Waals surface area contributed by atoms with Gasteiger partial charge in [-0.25, -0.2) is 4.79 Å². The molecule has 0 aliphatic heterocycles. The fourth-order valence-corrected chi connectivity index (χ4v) is 3.75. The molecule has 0 radical (unpaired) electrons. The maximum atomic E-state index is 11.9. The highest BCUT2D eigenvalue weighted by atomic mass is 35.5. The number of benzene rings is 1. The molecule has 0 saturated carbocycles. The van der Waals surface area contributed by atoms with Crippen LogP contribution in [0, 0.1) is 0 Å². The number of hydrogen-bond donors (Lipinski definition) is 3. The number of ether oxygens (including phenoxy) is 5. The van der Waals surface area contributed by atoms with E-state index in [0.29, 0.717) is 26.2 Å². The van der Waals surface area contributed by atoms with Crippen LogP contribution in [-0.4, -0.2) is 96.7 Å². The van der Waals surface area contributed by atoms with E-state index in [1.54, 1.807) is 6.92 Å². The van der Waals surface area contributed by atoms with Gasteiger partial charge in [0.05, 0.1) is 44.7 Å². The van der Waals surface area contributed by atoms with Crippen molar-refractivity contribution in [3.63, 3.8) is 0 Å². The van der Waals surface area contributed by atoms with Crippen LogP contribution in [-0.2, 0) is 43.4 Å². The number of nitrogens with one attached hydrogen (secondary N) is 2. The van der Waals surface area contributed by atoms with E-state index in [-0.39, 0.29) is 61.4 Å². The van der Waals surface area contributed by atoms with Gasteiger partial charge in [-0.05, 0) is 12.1 Å². The Labute approximate surface area is 224 Å². The molecule has 0 atom stereocenters. The van der Waals surface area contributed by atoms with Crippen molar-refractivity contribution in [2.45, 2.75) is 18.2 Å². The van der Waals surface area contributed by atoms with Crippen molar-refractivity contribution in [3.8, 4) is 5.75 Å². The first-order valence-electron chi connectivity index (χ1n) is 11.1. The summed E-state index contributed by atoms with van der Waals surface area (Å²) in [6, 6.07) is 2.03. The summed E-state index contributed by atoms with van der Waals surface area (Å²) in [4.78, 5) is 33.8. The van der Waals surface area contributed by atoms with Gasteiger partial charge in [-0.3, -0.25) is 14.1 Å². The minimum absolute atomic E-state index is 0.00773. The van der Waals surface area contributed by atoms with Gasteiger partial charge >= 0.3 is 5.97 Å². The van der Waals surface area contributed by atoms with Crippen molar-refractivity contribution >= 4 is 51.1 Å². The van der Waals surface area contributed by atoms with E-state index in [1.807, 2.05) is 0 Å². The molecular formula is C21H30Cl2N2O11S. The molecule has 1 rings (SSSR count). The second-order valence-corrected chi connectivity index (χ2v) is 9.28. The molecule has 0 spiro atoms. The summed E-state index contributed by atoms with van der Waals surface area (Å²) in [6.07, 6.45) is 0.417. The van der Waals surface area contributed by atoms with Gasteiger partial charge in [0.25, 0.3) is 10.1 Å². The SMILES string of the molecule is CCC(=O)NCCOCCOCC(=O)NCCOCCOCC(=O)Oc1c(Cl)cc(Cl)cc1S(=O)(=O)O. The van der Waals surface area contributed by atoms with E-state index in [2.05, 4.69) is 10.6 Å². The van der Waals surface area contributed by atoms with Gasteiger partial charge < -0.3 is 34.3 Å². The van der Waals surface area contributed by atoms with Crippen molar-refractivity contribution in [2.75, 3.05) is 65.9 Å². The van der Waals surface area contributed by atoms with E-state index < -0.39 is 33.3 Å². The van der Waals surface area contributed by atoms with Crippen LogP contribution in [0.1, 0.15) is 13.3 Å². The predicted molar refractivity (Wildman–Crippen MR) is 131 cm³/mol. The standard InChI is InChI=1S/C21H30Cl2N2O11S/c1-2-18(26)24-3-5-32-7-9-34-13-19(27)25-4-6-33-8-10-35-14-20(28)36-21-16(23)11-15(22)12-17(21)37(29,30)31/h11-12H,2-10,13-14H2,1H3,(H,24,26)(H,25,27)(H,29,30,31). The molecule has 0 unspecified atom stereocenters. The number of halogens is 2. The van der Waals surface area contributed by atoms with Crippen molar-refractivity contribution in [1.82, 2.24) is 10.6 Å². The fraction of sp³-hybridized carbons (Fsp3) is 0.571. The minimum Gasteiger partial charge on any atom is -0.422 e. The predicted octanol–water partition coefficient (Wildman–Crippen LogP) is 0.854. The largest absolute Gasteiger partial charge is 0.422 e. The highest BCUT2D eigenvalue weighted by molar-refractivity contribution is 7.86. The first-order chi connectivity index (χ1) is 17.5. The van der Waals surface area contributed by atoms with Gasteiger partial charge in [0.15, 0.2) is 5.75 Å². The Morgan fingerprint density at radius 3 is 1.95 bits per heavy atom. The summed E-state index contributed by atoms with van der Waals surface area (Å²) < 4.78 is 57.8. The summed E-state index contributed by atoms with van der Waals surface area (Å²) in [6.45, 7) is 2.89. The third kappa shape index (κ3) is 15.1. The van der Waals surface area contributed by atoms with Crippen LogP contribution in [0.5, 0.6) is 5.75 Å². The summed E-state index contributed by atoms with van der Waals surface area (Å²) in [7, 11) is -4.74. The van der Waals surface area contributed by atoms with E-state index in [9.17, 15) is 27.4 Å². The van der Waals surface area contributed by atoms with Crippen molar-refractivity contribution in [2.24, 2.45) is 0 Å². The average molecular weight is 589 g/mol. The van der Waals surface area contributed by atoms with Crippen LogP contribution in [0.2, 0.25) is 10.0 Å². The topological polar surface area (TPSA) is 176 Å². The lowest BCUT2D eigenvalue weighted by Gasteiger charge is -2.11. The second-order valence-electron chi connectivity index (χ2n) is 7.05. The number of amides is 2. The number of esters is 1. The van der Waals surface area contributed by atoms with Gasteiger partial charge in [-0.1, -0.05) is 30.1 Å². The van der Waals surface area contributed by atoms with E-state index >= 15 is 0 Å². The Balaban J connectivity index is 2.07. The molecule has 0 aliphatic rings. The van der Waals surface area contributed by atoms with E-state index in [0.717, 1.165) is 12.1 Å². The zero-order chi connectivity index (χ0) is 27.7. The summed E-state index contributed by atoms with van der Waals surface area (Å²) >= 11 is 11.6. The molecule has 0 bridgehead atoms. The molecule has 0 heterocycles. The third-order valence-electron chi connectivity index (χ3n) is 4.12. The molecule has 0 fully saturated rings. The van der Waals surface area contributed by atoms with Crippen LogP contribution < -0.4 is 15.4 Å². The van der Waals surface area contributed by atoms with Crippen LogP contribution in [0.4, 0.5) is 0 Å². The molecule has 210 valence electrons. The fourth-order valence-electron chi connectivity index (χ4n) is 2.43. The Hall–Kier alpha value is -2.04. The van der Waals surface area contributed by atoms with E-state index in [4.69, 9.17) is 46.9 Å². The second kappa shape index (κ2) is 18.3. The van der Waals surface area contributed by atoms with Gasteiger partial charge in [0, 0.05) is 24.5 Å². The molecule has 0 aliphatic carbocycles. The molecule has 37 heavy (non-hydrogen) atoms. The summed E-state index contributed by atoms with van der Waals surface area (Å²) in [5.41, 5.74) is 0. The summed E-state index contributed by atoms with van der Waals surface area (Å²) in [5, 5.41) is 4.90. The molecular weight excluding hydrogens is 559 g/mol. The van der Waals surface area contributed by atoms with E-state index in [1.165, 1.54) is 0 Å². The molecule has 3 N–H and O–H groups in total. The highest BCUT2D eigenvalue weighted by Crippen LogP contribution is 2.35. The Morgan fingerprint density at radius 1 is 0.838 bits per heavy atom. The van der Waals surface area contributed by atoms with Crippen molar-refractivity contribution < 1.29 is 51.0 Å². The van der Waals surface area contributed by atoms with Crippen LogP contribution >= 0.6 is 23.2 Å². The van der Waals surface area contributed by atoms with Crippen molar-refractivity contribution in [3.05, 3.63) is 22.2 Å². The molecule has 0 aromatic heterocycles. The van der Waals surface area contributed by atoms with Crippen LogP contribution in [0.25, 0.3) is 0 Å². The van der Waals surface area contributed by atoms with Gasteiger partial charge in [0.2, 0.25) is 11.8 Å². The highest BCUT2D eigenvalue weighted by Gasteiger charge is 2.23. The maximum Gasteiger partial charge on any atom is 0.337 e. The van der Waals surface area contributed by atoms with Gasteiger partial charge in [-0.15, -0.1) is 0 Å². The molecule has 1 aromatic rings. The number of rotatable bonds is 19. The minimum atomic E-state index is -4.74. The third-order valence-corrected chi connectivity index (χ3v) is 5.48. The summed E-state index contributed by atoms with van der Waals surface area (Å²) in [5.74, 6) is -1.91. The lowest BCUT2D eigenvalue weighted by Crippen LogP contribution is -2.31. The van der Waals surface area contributed by atoms with Crippen LogP contribution in [0.15, 0.2) is 17.0 Å².